The van der Waals surface area contributed by atoms with Gasteiger partial charge in [0.15, 0.2) is 17.7 Å². The first-order chi connectivity index (χ1) is 19.3. The average Bonchev–Trinajstić information content (AvgIpc) is 2.96. The van der Waals surface area contributed by atoms with E-state index in [1.807, 2.05) is 13.8 Å². The molecule has 0 heterocycles. The van der Waals surface area contributed by atoms with Gasteiger partial charge in [-0.25, -0.2) is 18.4 Å². The van der Waals surface area contributed by atoms with Crippen molar-refractivity contribution in [1.82, 2.24) is 0 Å². The van der Waals surface area contributed by atoms with Crippen LogP contribution in [0.15, 0.2) is 36.4 Å². The summed E-state index contributed by atoms with van der Waals surface area (Å²) in [6.45, 7) is 4.69. The summed E-state index contributed by atoms with van der Waals surface area (Å²) in [7, 11) is 0. The molecular formula is C31H39F3O6. The Morgan fingerprint density at radius 1 is 0.850 bits per heavy atom. The zero-order valence-electron chi connectivity index (χ0n) is 23.3. The van der Waals surface area contributed by atoms with Crippen LogP contribution >= 0.6 is 0 Å². The van der Waals surface area contributed by atoms with Gasteiger partial charge < -0.3 is 18.9 Å². The number of carbonyl (C=O) groups is 2. The van der Waals surface area contributed by atoms with E-state index in [0.717, 1.165) is 44.6 Å². The van der Waals surface area contributed by atoms with Gasteiger partial charge in [0.1, 0.15) is 17.6 Å². The second-order valence-electron chi connectivity index (χ2n) is 10.2. The third-order valence-corrected chi connectivity index (χ3v) is 6.94. The second kappa shape index (κ2) is 16.1. The number of alkyl halides is 1. The number of rotatable bonds is 15. The standard InChI is InChI=1S/C31H39F3O6/c1-3-5-7-19-37-27-18-17-25(28(33)29(27)34)30(35)39-24-15-13-22(14-16-24)38-20-21-9-11-23(12-10-21)40-31(36)26(32)8-6-4-2/h13-18,21,23,26H,3-12,19-20H2,1-2H3/t21?,23?,26-/m0/s1. The molecule has 1 aliphatic carbocycles. The van der Waals surface area contributed by atoms with Crippen LogP contribution in [-0.4, -0.2) is 37.4 Å². The maximum Gasteiger partial charge on any atom is 0.346 e. The van der Waals surface area contributed by atoms with E-state index in [4.69, 9.17) is 18.9 Å². The molecule has 0 aliphatic heterocycles. The zero-order valence-corrected chi connectivity index (χ0v) is 23.3. The van der Waals surface area contributed by atoms with Crippen molar-refractivity contribution in [3.63, 3.8) is 0 Å². The molecular weight excluding hydrogens is 525 g/mol. The van der Waals surface area contributed by atoms with Crippen molar-refractivity contribution in [3.8, 4) is 17.2 Å². The van der Waals surface area contributed by atoms with Crippen molar-refractivity contribution in [2.24, 2.45) is 5.92 Å². The molecule has 40 heavy (non-hydrogen) atoms. The predicted octanol–water partition coefficient (Wildman–Crippen LogP) is 7.76. The van der Waals surface area contributed by atoms with Gasteiger partial charge in [-0.15, -0.1) is 0 Å². The number of esters is 2. The lowest BCUT2D eigenvalue weighted by molar-refractivity contribution is -0.157. The molecule has 0 spiro atoms. The van der Waals surface area contributed by atoms with Gasteiger partial charge in [0.25, 0.3) is 0 Å². The Morgan fingerprint density at radius 3 is 2.20 bits per heavy atom. The van der Waals surface area contributed by atoms with Gasteiger partial charge >= 0.3 is 11.9 Å². The van der Waals surface area contributed by atoms with Gasteiger partial charge in [-0.3, -0.25) is 0 Å². The van der Waals surface area contributed by atoms with Crippen molar-refractivity contribution in [2.45, 2.75) is 90.3 Å². The molecule has 0 bridgehead atoms. The van der Waals surface area contributed by atoms with Crippen LogP contribution < -0.4 is 14.2 Å². The lowest BCUT2D eigenvalue weighted by atomic mass is 9.88. The Bertz CT molecular complexity index is 1080. The van der Waals surface area contributed by atoms with Crippen LogP contribution in [0.3, 0.4) is 0 Å². The quantitative estimate of drug-likeness (QED) is 0.125. The number of benzene rings is 2. The molecule has 2 aromatic carbocycles. The number of unbranched alkanes of at least 4 members (excludes halogenated alkanes) is 3. The maximum atomic E-state index is 14.5. The minimum atomic E-state index is -1.55. The highest BCUT2D eigenvalue weighted by Crippen LogP contribution is 2.29. The van der Waals surface area contributed by atoms with E-state index in [1.165, 1.54) is 18.2 Å². The highest BCUT2D eigenvalue weighted by atomic mass is 19.2. The first kappa shape index (κ1) is 31.3. The smallest absolute Gasteiger partial charge is 0.346 e. The lowest BCUT2D eigenvalue weighted by Gasteiger charge is -2.28. The van der Waals surface area contributed by atoms with Gasteiger partial charge in [-0.05, 0) is 80.8 Å². The van der Waals surface area contributed by atoms with Gasteiger partial charge in [0, 0.05) is 0 Å². The fraction of sp³-hybridized carbons (Fsp3) is 0.548. The molecule has 1 atom stereocenters. The largest absolute Gasteiger partial charge is 0.493 e. The van der Waals surface area contributed by atoms with Gasteiger partial charge in [0.2, 0.25) is 5.82 Å². The van der Waals surface area contributed by atoms with Crippen LogP contribution in [-0.2, 0) is 9.53 Å². The monoisotopic (exact) mass is 564 g/mol. The average molecular weight is 565 g/mol. The zero-order chi connectivity index (χ0) is 28.9. The number of halogens is 3. The maximum absolute atomic E-state index is 14.5. The van der Waals surface area contributed by atoms with Crippen molar-refractivity contribution < 1.29 is 41.7 Å². The van der Waals surface area contributed by atoms with E-state index < -0.39 is 35.3 Å². The summed E-state index contributed by atoms with van der Waals surface area (Å²) in [5.74, 6) is -3.57. The van der Waals surface area contributed by atoms with Crippen LogP contribution in [0.5, 0.6) is 17.2 Å². The Hall–Kier alpha value is -3.23. The van der Waals surface area contributed by atoms with E-state index in [2.05, 4.69) is 0 Å². The number of carbonyl (C=O) groups excluding carboxylic acids is 2. The number of ether oxygens (including phenoxy) is 4. The molecule has 0 saturated heterocycles. The molecule has 0 radical (unpaired) electrons. The molecule has 0 amide bonds. The summed E-state index contributed by atoms with van der Waals surface area (Å²) in [4.78, 5) is 24.3. The fourth-order valence-electron chi connectivity index (χ4n) is 4.47. The minimum absolute atomic E-state index is 0.157. The normalized spacial score (nSPS) is 17.6. The highest BCUT2D eigenvalue weighted by molar-refractivity contribution is 5.91. The molecule has 220 valence electrons. The van der Waals surface area contributed by atoms with Crippen LogP contribution in [0, 0.1) is 17.6 Å². The van der Waals surface area contributed by atoms with Crippen molar-refractivity contribution in [2.75, 3.05) is 13.2 Å². The first-order valence-corrected chi connectivity index (χ1v) is 14.2. The van der Waals surface area contributed by atoms with Crippen molar-refractivity contribution >= 4 is 11.9 Å². The fourth-order valence-corrected chi connectivity index (χ4v) is 4.47. The molecule has 9 heteroatoms. The van der Waals surface area contributed by atoms with Crippen LogP contribution in [0.25, 0.3) is 0 Å². The van der Waals surface area contributed by atoms with Gasteiger partial charge in [0.05, 0.1) is 18.8 Å². The second-order valence-corrected chi connectivity index (χ2v) is 10.2. The summed E-state index contributed by atoms with van der Waals surface area (Å²) < 4.78 is 64.4. The first-order valence-electron chi connectivity index (χ1n) is 14.2. The summed E-state index contributed by atoms with van der Waals surface area (Å²) in [5, 5.41) is 0. The van der Waals surface area contributed by atoms with Crippen molar-refractivity contribution in [1.29, 1.82) is 0 Å². The van der Waals surface area contributed by atoms with Crippen molar-refractivity contribution in [3.05, 3.63) is 53.6 Å². The third-order valence-electron chi connectivity index (χ3n) is 6.94. The summed E-state index contributed by atoms with van der Waals surface area (Å²) in [6, 6.07) is 8.63. The lowest BCUT2D eigenvalue weighted by Crippen LogP contribution is -2.30. The van der Waals surface area contributed by atoms with E-state index >= 15 is 0 Å². The molecule has 0 N–H and O–H groups in total. The SMILES string of the molecule is CCCCCOc1ccc(C(=O)Oc2ccc(OCC3CCC(OC(=O)[C@@H](F)CCCC)CC3)cc2)c(F)c1F. The number of hydrogen-bond donors (Lipinski definition) is 0. The molecule has 1 saturated carbocycles. The van der Waals surface area contributed by atoms with E-state index in [9.17, 15) is 22.8 Å². The van der Waals surface area contributed by atoms with Crippen LogP contribution in [0.2, 0.25) is 0 Å². The summed E-state index contributed by atoms with van der Waals surface area (Å²) in [6.07, 6.45) is 5.42. The molecule has 0 unspecified atom stereocenters. The number of hydrogen-bond acceptors (Lipinski definition) is 6. The van der Waals surface area contributed by atoms with E-state index in [1.54, 1.807) is 12.1 Å². The predicted molar refractivity (Wildman–Crippen MR) is 145 cm³/mol. The van der Waals surface area contributed by atoms with Crippen LogP contribution in [0.1, 0.15) is 88.4 Å². The Morgan fingerprint density at radius 2 is 1.52 bits per heavy atom. The topological polar surface area (TPSA) is 71.1 Å². The molecule has 3 rings (SSSR count). The molecule has 1 aliphatic rings. The third kappa shape index (κ3) is 9.45. The summed E-state index contributed by atoms with van der Waals surface area (Å²) in [5.41, 5.74) is -0.525. The highest BCUT2D eigenvalue weighted by Gasteiger charge is 2.27. The summed E-state index contributed by atoms with van der Waals surface area (Å²) >= 11 is 0. The molecule has 1 fully saturated rings. The Kier molecular flexibility index (Phi) is 12.6. The minimum Gasteiger partial charge on any atom is -0.493 e. The van der Waals surface area contributed by atoms with E-state index in [-0.39, 0.29) is 36.5 Å². The molecule has 6 nitrogen and oxygen atoms in total. The Balaban J connectivity index is 1.42. The van der Waals surface area contributed by atoms with Gasteiger partial charge in [-0.1, -0.05) is 39.5 Å². The molecule has 0 aromatic heterocycles. The van der Waals surface area contributed by atoms with Crippen LogP contribution in [0.4, 0.5) is 13.2 Å². The van der Waals surface area contributed by atoms with Gasteiger partial charge in [-0.2, -0.15) is 4.39 Å². The van der Waals surface area contributed by atoms with E-state index in [0.29, 0.717) is 31.6 Å². The molecule has 2 aromatic rings. The Labute approximate surface area is 234 Å².